The van der Waals surface area contributed by atoms with Gasteiger partial charge in [-0.25, -0.2) is 9.48 Å². The number of likely N-dealkylation sites (tertiary alicyclic amines) is 1. The number of rotatable bonds is 7. The minimum atomic E-state index is -0.338. The van der Waals surface area contributed by atoms with Crippen molar-refractivity contribution in [3.63, 3.8) is 0 Å². The van der Waals surface area contributed by atoms with Crippen LogP contribution in [0.3, 0.4) is 0 Å². The van der Waals surface area contributed by atoms with Crippen LogP contribution in [0.4, 0.5) is 16.3 Å². The molecule has 0 radical (unpaired) electrons. The number of aliphatic hydroxyl groups is 1. The standard InChI is InChI=1S/C20H29N5O3/c1-3-16(26)14-24-12-9-15(10-13-24)25-19(8-11-21-25)23-20(27)22-17-6-4-5-7-18(17)28-2/h4-8,11,15-16,26H,3,9-10,12-14H2,1-2H3,(H2,22,23,27)/t16-/m0/s1. The average molecular weight is 387 g/mol. The molecule has 1 aliphatic rings. The van der Waals surface area contributed by atoms with E-state index in [-0.39, 0.29) is 18.2 Å². The highest BCUT2D eigenvalue weighted by molar-refractivity contribution is 6.00. The summed E-state index contributed by atoms with van der Waals surface area (Å²) in [4.78, 5) is 14.7. The molecule has 0 bridgehead atoms. The fourth-order valence-corrected chi connectivity index (χ4v) is 3.50. The van der Waals surface area contributed by atoms with Gasteiger partial charge in [-0.1, -0.05) is 19.1 Å². The lowest BCUT2D eigenvalue weighted by Crippen LogP contribution is -2.39. The summed E-state index contributed by atoms with van der Waals surface area (Å²) in [6, 6.07) is 8.96. The smallest absolute Gasteiger partial charge is 0.324 e. The summed E-state index contributed by atoms with van der Waals surface area (Å²) < 4.78 is 7.15. The number of β-amino-alcohol motifs (C(OH)–C–C–N with tert-alkyl or cyclic N) is 1. The maximum Gasteiger partial charge on any atom is 0.324 e. The van der Waals surface area contributed by atoms with E-state index in [0.29, 0.717) is 17.3 Å². The van der Waals surface area contributed by atoms with Crippen LogP contribution in [-0.4, -0.2) is 58.7 Å². The molecule has 1 aromatic carbocycles. The average Bonchev–Trinajstić information content (AvgIpc) is 3.16. The number of piperidine rings is 1. The Morgan fingerprint density at radius 1 is 1.29 bits per heavy atom. The van der Waals surface area contributed by atoms with Crippen LogP contribution in [-0.2, 0) is 0 Å². The number of nitrogens with zero attached hydrogens (tertiary/aromatic N) is 3. The summed E-state index contributed by atoms with van der Waals surface area (Å²) in [5.74, 6) is 1.27. The zero-order chi connectivity index (χ0) is 19.9. The lowest BCUT2D eigenvalue weighted by atomic mass is 10.0. The number of carbonyl (C=O) groups is 1. The highest BCUT2D eigenvalue weighted by Gasteiger charge is 2.24. The fraction of sp³-hybridized carbons (Fsp3) is 0.500. The minimum absolute atomic E-state index is 0.228. The van der Waals surface area contributed by atoms with Crippen molar-refractivity contribution in [2.75, 3.05) is 37.4 Å². The van der Waals surface area contributed by atoms with Gasteiger partial charge in [0, 0.05) is 25.7 Å². The Morgan fingerprint density at radius 3 is 2.75 bits per heavy atom. The zero-order valence-corrected chi connectivity index (χ0v) is 16.5. The number of methoxy groups -OCH3 is 1. The predicted octanol–water partition coefficient (Wildman–Crippen LogP) is 2.94. The zero-order valence-electron chi connectivity index (χ0n) is 16.5. The van der Waals surface area contributed by atoms with Gasteiger partial charge in [0.15, 0.2) is 0 Å². The van der Waals surface area contributed by atoms with Crippen molar-refractivity contribution in [2.24, 2.45) is 0 Å². The van der Waals surface area contributed by atoms with Crippen LogP contribution in [0, 0.1) is 0 Å². The molecule has 8 heteroatoms. The van der Waals surface area contributed by atoms with E-state index in [1.54, 1.807) is 31.5 Å². The lowest BCUT2D eigenvalue weighted by molar-refractivity contribution is 0.0869. The summed E-state index contributed by atoms with van der Waals surface area (Å²) >= 11 is 0. The van der Waals surface area contributed by atoms with Crippen molar-refractivity contribution in [3.8, 4) is 5.75 Å². The van der Waals surface area contributed by atoms with E-state index in [4.69, 9.17) is 4.74 Å². The van der Waals surface area contributed by atoms with Crippen LogP contribution in [0.2, 0.25) is 0 Å². The van der Waals surface area contributed by atoms with Crippen LogP contribution in [0.25, 0.3) is 0 Å². The molecule has 1 atom stereocenters. The molecule has 8 nitrogen and oxygen atoms in total. The number of hydrogen-bond donors (Lipinski definition) is 3. The normalized spacial score (nSPS) is 16.5. The second-order valence-electron chi connectivity index (χ2n) is 7.03. The Kier molecular flexibility index (Phi) is 6.89. The number of anilines is 2. The maximum atomic E-state index is 12.4. The molecule has 28 heavy (non-hydrogen) atoms. The van der Waals surface area contributed by atoms with Crippen molar-refractivity contribution < 1.29 is 14.6 Å². The quantitative estimate of drug-likeness (QED) is 0.679. The maximum absolute atomic E-state index is 12.4. The van der Waals surface area contributed by atoms with Crippen LogP contribution in [0.15, 0.2) is 36.5 Å². The van der Waals surface area contributed by atoms with Gasteiger partial charge in [0.2, 0.25) is 0 Å². The van der Waals surface area contributed by atoms with Gasteiger partial charge < -0.3 is 20.1 Å². The number of ether oxygens (including phenoxy) is 1. The second-order valence-corrected chi connectivity index (χ2v) is 7.03. The molecular formula is C20H29N5O3. The third-order valence-electron chi connectivity index (χ3n) is 5.11. The summed E-state index contributed by atoms with van der Waals surface area (Å²) in [7, 11) is 1.57. The number of aromatic nitrogens is 2. The van der Waals surface area contributed by atoms with Crippen LogP contribution < -0.4 is 15.4 Å². The molecule has 152 valence electrons. The van der Waals surface area contributed by atoms with Gasteiger partial charge in [-0.15, -0.1) is 0 Å². The third kappa shape index (κ3) is 5.02. The molecule has 0 unspecified atom stereocenters. The molecule has 0 aliphatic carbocycles. The predicted molar refractivity (Wildman–Crippen MR) is 109 cm³/mol. The highest BCUT2D eigenvalue weighted by atomic mass is 16.5. The van der Waals surface area contributed by atoms with Gasteiger partial charge in [-0.05, 0) is 31.4 Å². The molecule has 1 aliphatic heterocycles. The third-order valence-corrected chi connectivity index (χ3v) is 5.11. The van der Waals surface area contributed by atoms with Crippen molar-refractivity contribution in [1.29, 1.82) is 0 Å². The number of carbonyl (C=O) groups excluding carboxylic acids is 1. The number of nitrogens with one attached hydrogen (secondary N) is 2. The van der Waals surface area contributed by atoms with Crippen LogP contribution in [0.1, 0.15) is 32.2 Å². The largest absolute Gasteiger partial charge is 0.495 e. The second kappa shape index (κ2) is 9.57. The van der Waals surface area contributed by atoms with Gasteiger partial charge in [-0.2, -0.15) is 5.10 Å². The first-order chi connectivity index (χ1) is 13.6. The molecule has 2 aromatic rings. The van der Waals surface area contributed by atoms with Gasteiger partial charge in [0.25, 0.3) is 0 Å². The Hall–Kier alpha value is -2.58. The van der Waals surface area contributed by atoms with E-state index >= 15 is 0 Å². The number of para-hydroxylation sites is 2. The van der Waals surface area contributed by atoms with Gasteiger partial charge in [0.1, 0.15) is 11.6 Å². The molecule has 2 heterocycles. The fourth-order valence-electron chi connectivity index (χ4n) is 3.50. The monoisotopic (exact) mass is 387 g/mol. The number of aliphatic hydroxyl groups excluding tert-OH is 1. The number of hydrogen-bond acceptors (Lipinski definition) is 5. The Labute approximate surface area is 165 Å². The molecule has 2 amide bonds. The number of urea groups is 1. The first-order valence-electron chi connectivity index (χ1n) is 9.75. The molecule has 1 aromatic heterocycles. The van der Waals surface area contributed by atoms with Crippen LogP contribution >= 0.6 is 0 Å². The van der Waals surface area contributed by atoms with E-state index < -0.39 is 0 Å². The van der Waals surface area contributed by atoms with Gasteiger partial charge in [0.05, 0.1) is 31.1 Å². The van der Waals surface area contributed by atoms with E-state index in [1.807, 2.05) is 23.7 Å². The minimum Gasteiger partial charge on any atom is -0.495 e. The molecule has 1 fully saturated rings. The Balaban J connectivity index is 1.58. The SMILES string of the molecule is CC[C@H](O)CN1CCC(n2nccc2NC(=O)Nc2ccccc2OC)CC1. The van der Waals surface area contributed by atoms with E-state index in [9.17, 15) is 9.90 Å². The molecular weight excluding hydrogens is 358 g/mol. The summed E-state index contributed by atoms with van der Waals surface area (Å²) in [6.07, 6.45) is 4.07. The number of benzene rings is 1. The summed E-state index contributed by atoms with van der Waals surface area (Å²) in [5.41, 5.74) is 0.608. The topological polar surface area (TPSA) is 91.7 Å². The molecule has 0 spiro atoms. The first-order valence-corrected chi connectivity index (χ1v) is 9.75. The molecule has 3 N–H and O–H groups in total. The van der Waals surface area contributed by atoms with Gasteiger partial charge >= 0.3 is 6.03 Å². The molecule has 0 saturated carbocycles. The molecule has 3 rings (SSSR count). The van der Waals surface area contributed by atoms with Crippen molar-refractivity contribution in [2.45, 2.75) is 38.3 Å². The molecule has 1 saturated heterocycles. The summed E-state index contributed by atoms with van der Waals surface area (Å²) in [5, 5.41) is 20.0. The van der Waals surface area contributed by atoms with Gasteiger partial charge in [-0.3, -0.25) is 5.32 Å². The van der Waals surface area contributed by atoms with E-state index in [1.165, 1.54) is 0 Å². The number of amides is 2. The van der Waals surface area contributed by atoms with Crippen molar-refractivity contribution in [1.82, 2.24) is 14.7 Å². The van der Waals surface area contributed by atoms with Crippen molar-refractivity contribution >= 4 is 17.5 Å². The van der Waals surface area contributed by atoms with E-state index in [2.05, 4.69) is 20.6 Å². The first kappa shape index (κ1) is 20.2. The van der Waals surface area contributed by atoms with Crippen molar-refractivity contribution in [3.05, 3.63) is 36.5 Å². The van der Waals surface area contributed by atoms with Crippen LogP contribution in [0.5, 0.6) is 5.75 Å². The summed E-state index contributed by atoms with van der Waals surface area (Å²) in [6.45, 7) is 4.53. The Morgan fingerprint density at radius 2 is 2.04 bits per heavy atom. The Bertz CT molecular complexity index is 771. The highest BCUT2D eigenvalue weighted by Crippen LogP contribution is 2.26. The van der Waals surface area contributed by atoms with E-state index in [0.717, 1.165) is 38.9 Å². The lowest BCUT2D eigenvalue weighted by Gasteiger charge is -2.33.